The lowest BCUT2D eigenvalue weighted by Crippen LogP contribution is -2.24. The zero-order valence-corrected chi connectivity index (χ0v) is 12.2. The second kappa shape index (κ2) is 5.85. The lowest BCUT2D eigenvalue weighted by molar-refractivity contribution is -0.135. The fourth-order valence-corrected chi connectivity index (χ4v) is 2.37. The quantitative estimate of drug-likeness (QED) is 0.779. The molecule has 3 aromatic rings. The first-order valence-corrected chi connectivity index (χ1v) is 6.93. The number of carboxylic acids is 1. The second-order valence-electron chi connectivity index (χ2n) is 5.16. The van der Waals surface area contributed by atoms with E-state index in [0.717, 1.165) is 22.3 Å². The molecule has 2 aromatic carbocycles. The van der Waals surface area contributed by atoms with Crippen LogP contribution in [-0.4, -0.2) is 39.7 Å². The van der Waals surface area contributed by atoms with Crippen LogP contribution in [0.5, 0.6) is 0 Å². The first-order chi connectivity index (χ1) is 10.6. The largest absolute Gasteiger partial charge is 0.480 e. The Morgan fingerprint density at radius 1 is 1.23 bits per heavy atom. The molecule has 1 N–H and O–H groups in total. The van der Waals surface area contributed by atoms with Gasteiger partial charge in [0.05, 0.1) is 12.1 Å². The van der Waals surface area contributed by atoms with Gasteiger partial charge in [-0.25, -0.2) is 4.68 Å². The number of hydrogen-bond donors (Lipinski definition) is 1. The lowest BCUT2D eigenvalue weighted by Gasteiger charge is -2.16. The van der Waals surface area contributed by atoms with Gasteiger partial charge in [-0.1, -0.05) is 35.5 Å². The van der Waals surface area contributed by atoms with Crippen molar-refractivity contribution in [2.75, 3.05) is 18.5 Å². The maximum absolute atomic E-state index is 10.8. The van der Waals surface area contributed by atoms with Gasteiger partial charge in [0.15, 0.2) is 0 Å². The van der Waals surface area contributed by atoms with Crippen LogP contribution in [0.15, 0.2) is 48.5 Å². The molecular weight excluding hydrogens is 280 g/mol. The molecule has 0 spiro atoms. The number of benzene rings is 2. The Morgan fingerprint density at radius 2 is 2.00 bits per heavy atom. The summed E-state index contributed by atoms with van der Waals surface area (Å²) in [6.07, 6.45) is 0. The molecule has 112 valence electrons. The van der Waals surface area contributed by atoms with Crippen molar-refractivity contribution < 1.29 is 9.90 Å². The van der Waals surface area contributed by atoms with E-state index in [1.807, 2.05) is 53.2 Å². The summed E-state index contributed by atoms with van der Waals surface area (Å²) in [5.74, 6) is -0.865. The fraction of sp³-hybridized carbons (Fsp3) is 0.188. The van der Waals surface area contributed by atoms with Gasteiger partial charge in [-0.05, 0) is 23.8 Å². The predicted molar refractivity (Wildman–Crippen MR) is 84.0 cm³/mol. The van der Waals surface area contributed by atoms with E-state index in [-0.39, 0.29) is 6.54 Å². The Kier molecular flexibility index (Phi) is 3.74. The summed E-state index contributed by atoms with van der Waals surface area (Å²) in [5.41, 5.74) is 3.64. The van der Waals surface area contributed by atoms with E-state index in [9.17, 15) is 4.79 Å². The lowest BCUT2D eigenvalue weighted by atomic mass is 10.2. The number of aromatic nitrogens is 3. The highest BCUT2D eigenvalue weighted by Gasteiger charge is 2.10. The van der Waals surface area contributed by atoms with E-state index in [0.29, 0.717) is 6.54 Å². The summed E-state index contributed by atoms with van der Waals surface area (Å²) in [4.78, 5) is 12.4. The molecule has 0 radical (unpaired) electrons. The summed E-state index contributed by atoms with van der Waals surface area (Å²) in [6.45, 7) is 0.602. The molecule has 0 amide bonds. The van der Waals surface area contributed by atoms with Crippen molar-refractivity contribution in [3.8, 4) is 0 Å². The molecule has 1 heterocycles. The van der Waals surface area contributed by atoms with Crippen molar-refractivity contribution in [2.24, 2.45) is 0 Å². The number of likely N-dealkylation sites (N-methyl/N-ethyl adjacent to an activating group) is 1. The predicted octanol–water partition coefficient (Wildman–Crippen LogP) is 2.00. The molecule has 0 aliphatic carbocycles. The van der Waals surface area contributed by atoms with Gasteiger partial charge in [0.1, 0.15) is 12.1 Å². The number of carbonyl (C=O) groups is 1. The van der Waals surface area contributed by atoms with E-state index >= 15 is 0 Å². The molecular formula is C16H16N4O2. The van der Waals surface area contributed by atoms with Gasteiger partial charge in [0.2, 0.25) is 0 Å². The van der Waals surface area contributed by atoms with Gasteiger partial charge < -0.3 is 10.0 Å². The molecule has 3 rings (SSSR count). The summed E-state index contributed by atoms with van der Waals surface area (Å²) < 4.78 is 1.84. The number of fused-ring (bicyclic) bond motifs is 1. The molecule has 0 atom stereocenters. The minimum Gasteiger partial charge on any atom is -0.480 e. The van der Waals surface area contributed by atoms with Gasteiger partial charge in [-0.15, -0.1) is 5.10 Å². The third-order valence-electron chi connectivity index (χ3n) is 3.49. The van der Waals surface area contributed by atoms with Gasteiger partial charge in [-0.2, -0.15) is 0 Å². The van der Waals surface area contributed by atoms with Crippen LogP contribution in [0.2, 0.25) is 0 Å². The average Bonchev–Trinajstić information content (AvgIpc) is 2.90. The number of rotatable bonds is 5. The standard InChI is InChI=1S/C16H16N4O2/c1-19(11-16(21)22)13-7-8-15-14(9-13)17-18-20(15)10-12-5-3-2-4-6-12/h2-9H,10-11H2,1H3,(H,21,22). The van der Waals surface area contributed by atoms with E-state index < -0.39 is 5.97 Å². The van der Waals surface area contributed by atoms with Crippen LogP contribution in [-0.2, 0) is 11.3 Å². The molecule has 6 heteroatoms. The smallest absolute Gasteiger partial charge is 0.323 e. The molecule has 0 saturated carbocycles. The van der Waals surface area contributed by atoms with E-state index in [1.165, 1.54) is 0 Å². The molecule has 1 aromatic heterocycles. The van der Waals surface area contributed by atoms with Crippen molar-refractivity contribution in [1.29, 1.82) is 0 Å². The highest BCUT2D eigenvalue weighted by Crippen LogP contribution is 2.20. The third-order valence-corrected chi connectivity index (χ3v) is 3.49. The monoisotopic (exact) mass is 296 g/mol. The molecule has 0 unspecified atom stereocenters. The topological polar surface area (TPSA) is 71.2 Å². The first kappa shape index (κ1) is 14.1. The molecule has 0 fully saturated rings. The van der Waals surface area contributed by atoms with Crippen LogP contribution in [0.25, 0.3) is 11.0 Å². The summed E-state index contributed by atoms with van der Waals surface area (Å²) in [5, 5.41) is 17.2. The normalized spacial score (nSPS) is 10.8. The second-order valence-corrected chi connectivity index (χ2v) is 5.16. The Hall–Kier alpha value is -2.89. The van der Waals surface area contributed by atoms with Crippen LogP contribution in [0.4, 0.5) is 5.69 Å². The van der Waals surface area contributed by atoms with Gasteiger partial charge >= 0.3 is 5.97 Å². The van der Waals surface area contributed by atoms with Gasteiger partial charge in [0, 0.05) is 12.7 Å². The minimum atomic E-state index is -0.865. The molecule has 0 bridgehead atoms. The van der Waals surface area contributed by atoms with Crippen molar-refractivity contribution >= 4 is 22.7 Å². The zero-order valence-electron chi connectivity index (χ0n) is 12.2. The average molecular weight is 296 g/mol. The van der Waals surface area contributed by atoms with Crippen molar-refractivity contribution in [3.05, 3.63) is 54.1 Å². The molecule has 0 saturated heterocycles. The molecule has 0 aliphatic rings. The van der Waals surface area contributed by atoms with Crippen LogP contribution < -0.4 is 4.90 Å². The van der Waals surface area contributed by atoms with Gasteiger partial charge in [-0.3, -0.25) is 4.79 Å². The molecule has 0 aliphatic heterocycles. The van der Waals surface area contributed by atoms with E-state index in [4.69, 9.17) is 5.11 Å². The SMILES string of the molecule is CN(CC(=O)O)c1ccc2c(c1)nnn2Cc1ccccc1. The summed E-state index contributed by atoms with van der Waals surface area (Å²) in [7, 11) is 1.74. The van der Waals surface area contributed by atoms with Crippen molar-refractivity contribution in [3.63, 3.8) is 0 Å². The van der Waals surface area contributed by atoms with Crippen LogP contribution in [0.3, 0.4) is 0 Å². The number of hydrogen-bond acceptors (Lipinski definition) is 4. The fourth-order valence-electron chi connectivity index (χ4n) is 2.37. The molecule has 6 nitrogen and oxygen atoms in total. The maximum Gasteiger partial charge on any atom is 0.323 e. The van der Waals surface area contributed by atoms with Crippen LogP contribution in [0, 0.1) is 0 Å². The zero-order chi connectivity index (χ0) is 15.5. The number of nitrogens with zero attached hydrogens (tertiary/aromatic N) is 4. The first-order valence-electron chi connectivity index (χ1n) is 6.93. The number of anilines is 1. The van der Waals surface area contributed by atoms with Crippen LogP contribution in [0.1, 0.15) is 5.56 Å². The summed E-state index contributed by atoms with van der Waals surface area (Å²) in [6, 6.07) is 15.7. The maximum atomic E-state index is 10.8. The summed E-state index contributed by atoms with van der Waals surface area (Å²) >= 11 is 0. The Morgan fingerprint density at radius 3 is 2.73 bits per heavy atom. The Bertz CT molecular complexity index is 798. The highest BCUT2D eigenvalue weighted by molar-refractivity contribution is 5.81. The van der Waals surface area contributed by atoms with Crippen LogP contribution >= 0.6 is 0 Å². The minimum absolute atomic E-state index is 0.0519. The van der Waals surface area contributed by atoms with Gasteiger partial charge in [0.25, 0.3) is 0 Å². The van der Waals surface area contributed by atoms with E-state index in [1.54, 1.807) is 11.9 Å². The van der Waals surface area contributed by atoms with E-state index in [2.05, 4.69) is 10.3 Å². The molecule has 22 heavy (non-hydrogen) atoms. The van der Waals surface area contributed by atoms with Crippen molar-refractivity contribution in [1.82, 2.24) is 15.0 Å². The Balaban J connectivity index is 1.88. The number of carboxylic acid groups (broad SMARTS) is 1. The Labute approximate surface area is 127 Å². The third kappa shape index (κ3) is 2.90. The number of aliphatic carboxylic acids is 1. The van der Waals surface area contributed by atoms with Crippen molar-refractivity contribution in [2.45, 2.75) is 6.54 Å². The highest BCUT2D eigenvalue weighted by atomic mass is 16.4.